The van der Waals surface area contributed by atoms with Gasteiger partial charge in [-0.1, -0.05) is 36.4 Å². The van der Waals surface area contributed by atoms with Gasteiger partial charge in [0.1, 0.15) is 0 Å². The molecule has 0 amide bonds. The van der Waals surface area contributed by atoms with Gasteiger partial charge in [-0.2, -0.15) is 15.1 Å². The van der Waals surface area contributed by atoms with Crippen molar-refractivity contribution in [3.05, 3.63) is 29.8 Å². The summed E-state index contributed by atoms with van der Waals surface area (Å²) in [4.78, 5) is 7.78. The van der Waals surface area contributed by atoms with Crippen LogP contribution >= 0.6 is 11.8 Å². The van der Waals surface area contributed by atoms with E-state index < -0.39 is 0 Å². The minimum Gasteiger partial charge on any atom is -0.491 e. The quantitative estimate of drug-likeness (QED) is 0.492. The molecule has 6 nitrogen and oxygen atoms in total. The molecule has 0 bridgehead atoms. The smallest absolute Gasteiger partial charge is 0.247 e. The standard InChI is InChI=1S/C14H16N4O2S/c1-3-8-21-14-15-12(19)11(13(20)16-14)18-17-10-6-4-9(2)5-7-10/h4-7H,3,8H2,1-2H3,(H2,15,16,19,20)/b18-17+. The maximum atomic E-state index is 9.82. The van der Waals surface area contributed by atoms with Gasteiger partial charge in [0.15, 0.2) is 5.16 Å². The van der Waals surface area contributed by atoms with Crippen molar-refractivity contribution in [1.29, 1.82) is 0 Å². The highest BCUT2D eigenvalue weighted by Gasteiger charge is 2.13. The summed E-state index contributed by atoms with van der Waals surface area (Å²) in [5, 5.41) is 27.7. The van der Waals surface area contributed by atoms with E-state index in [1.54, 1.807) is 12.1 Å². The van der Waals surface area contributed by atoms with Crippen molar-refractivity contribution in [3.63, 3.8) is 0 Å². The normalized spacial score (nSPS) is 11.1. The number of aromatic hydroxyl groups is 2. The van der Waals surface area contributed by atoms with Gasteiger partial charge < -0.3 is 10.2 Å². The number of azo groups is 1. The van der Waals surface area contributed by atoms with Crippen molar-refractivity contribution in [2.45, 2.75) is 25.4 Å². The Morgan fingerprint density at radius 1 is 1.05 bits per heavy atom. The topological polar surface area (TPSA) is 91.0 Å². The zero-order chi connectivity index (χ0) is 15.2. The first-order valence-electron chi connectivity index (χ1n) is 6.51. The van der Waals surface area contributed by atoms with Gasteiger partial charge in [0, 0.05) is 5.75 Å². The molecule has 0 atom stereocenters. The van der Waals surface area contributed by atoms with Gasteiger partial charge in [0.05, 0.1) is 5.69 Å². The van der Waals surface area contributed by atoms with Gasteiger partial charge >= 0.3 is 0 Å². The largest absolute Gasteiger partial charge is 0.491 e. The lowest BCUT2D eigenvalue weighted by molar-refractivity contribution is 0.414. The molecule has 7 heteroatoms. The molecule has 0 aliphatic heterocycles. The fourth-order valence-electron chi connectivity index (χ4n) is 1.48. The summed E-state index contributed by atoms with van der Waals surface area (Å²) in [5.74, 6) is 0.0530. The zero-order valence-corrected chi connectivity index (χ0v) is 12.6. The first kappa shape index (κ1) is 15.2. The van der Waals surface area contributed by atoms with Crippen LogP contribution in [0, 0.1) is 6.92 Å². The summed E-state index contributed by atoms with van der Waals surface area (Å²) in [7, 11) is 0. The number of benzene rings is 1. The molecule has 2 rings (SSSR count). The highest BCUT2D eigenvalue weighted by Crippen LogP contribution is 2.35. The van der Waals surface area contributed by atoms with Gasteiger partial charge in [0.2, 0.25) is 17.4 Å². The molecule has 21 heavy (non-hydrogen) atoms. The van der Waals surface area contributed by atoms with Crippen molar-refractivity contribution < 1.29 is 10.2 Å². The molecule has 1 aromatic carbocycles. The second-order valence-corrected chi connectivity index (χ2v) is 5.45. The highest BCUT2D eigenvalue weighted by molar-refractivity contribution is 7.99. The molecule has 1 aromatic heterocycles. The van der Waals surface area contributed by atoms with Gasteiger partial charge in [-0.05, 0) is 25.5 Å². The van der Waals surface area contributed by atoms with Crippen LogP contribution in [0.15, 0.2) is 39.7 Å². The third-order valence-corrected chi connectivity index (χ3v) is 3.61. The van der Waals surface area contributed by atoms with E-state index in [0.717, 1.165) is 17.7 Å². The van der Waals surface area contributed by atoms with E-state index >= 15 is 0 Å². The lowest BCUT2D eigenvalue weighted by Gasteiger charge is -2.03. The van der Waals surface area contributed by atoms with Crippen molar-refractivity contribution >= 4 is 23.1 Å². The molecule has 110 valence electrons. The van der Waals surface area contributed by atoms with Crippen LogP contribution in [-0.2, 0) is 0 Å². The summed E-state index contributed by atoms with van der Waals surface area (Å²) >= 11 is 1.36. The molecular weight excluding hydrogens is 288 g/mol. The third-order valence-electron chi connectivity index (χ3n) is 2.56. The molecule has 0 spiro atoms. The Labute approximate surface area is 127 Å². The molecule has 0 unspecified atom stereocenters. The van der Waals surface area contributed by atoms with E-state index in [9.17, 15) is 10.2 Å². The second-order valence-electron chi connectivity index (χ2n) is 4.39. The van der Waals surface area contributed by atoms with Gasteiger partial charge in [-0.25, -0.2) is 0 Å². The van der Waals surface area contributed by atoms with Crippen molar-refractivity contribution in [2.75, 3.05) is 5.75 Å². The summed E-state index contributed by atoms with van der Waals surface area (Å²) in [6.45, 7) is 4.00. The molecule has 0 aliphatic rings. The van der Waals surface area contributed by atoms with Gasteiger partial charge in [-0.15, -0.1) is 5.11 Å². The SMILES string of the molecule is CCCSc1nc(O)c(/N=N/c2ccc(C)cc2)c(O)n1. The number of rotatable bonds is 5. The minimum absolute atomic E-state index is 0.128. The van der Waals surface area contributed by atoms with Crippen LogP contribution in [0.3, 0.4) is 0 Å². The molecule has 2 aromatic rings. The lowest BCUT2D eigenvalue weighted by Crippen LogP contribution is -1.89. The van der Waals surface area contributed by atoms with Gasteiger partial charge in [-0.3, -0.25) is 0 Å². The Bertz CT molecular complexity index is 621. The number of nitrogens with zero attached hydrogens (tertiary/aromatic N) is 4. The average molecular weight is 304 g/mol. The highest BCUT2D eigenvalue weighted by atomic mass is 32.2. The molecule has 0 aliphatic carbocycles. The average Bonchev–Trinajstić information content (AvgIpc) is 2.46. The van der Waals surface area contributed by atoms with Crippen LogP contribution < -0.4 is 0 Å². The molecule has 1 heterocycles. The van der Waals surface area contributed by atoms with Crippen LogP contribution in [0.25, 0.3) is 0 Å². The first-order chi connectivity index (χ1) is 10.1. The van der Waals surface area contributed by atoms with E-state index in [4.69, 9.17) is 0 Å². The summed E-state index contributed by atoms with van der Waals surface area (Å²) < 4.78 is 0. The van der Waals surface area contributed by atoms with E-state index in [2.05, 4.69) is 20.2 Å². The molecule has 0 radical (unpaired) electrons. The predicted molar refractivity (Wildman–Crippen MR) is 81.7 cm³/mol. The van der Waals surface area contributed by atoms with Crippen molar-refractivity contribution in [1.82, 2.24) is 9.97 Å². The Kier molecular flexibility index (Phi) is 5.10. The predicted octanol–water partition coefficient (Wildman–Crippen LogP) is 4.11. The maximum Gasteiger partial charge on any atom is 0.247 e. The fraction of sp³-hybridized carbons (Fsp3) is 0.286. The molecule has 0 fully saturated rings. The van der Waals surface area contributed by atoms with Crippen LogP contribution in [0.4, 0.5) is 11.4 Å². The molecule has 2 N–H and O–H groups in total. The zero-order valence-electron chi connectivity index (χ0n) is 11.8. The summed E-state index contributed by atoms with van der Waals surface area (Å²) in [6, 6.07) is 7.38. The summed E-state index contributed by atoms with van der Waals surface area (Å²) in [6.07, 6.45) is 0.949. The molecule has 0 saturated carbocycles. The fourth-order valence-corrected chi connectivity index (χ4v) is 2.17. The van der Waals surface area contributed by atoms with Crippen LogP contribution in [-0.4, -0.2) is 25.9 Å². The Hall–Kier alpha value is -2.15. The third kappa shape index (κ3) is 4.16. The lowest BCUT2D eigenvalue weighted by atomic mass is 10.2. The number of hydrogen-bond donors (Lipinski definition) is 2. The number of thioether (sulfide) groups is 1. The summed E-state index contributed by atoms with van der Waals surface area (Å²) in [5.41, 5.74) is 1.60. The van der Waals surface area contributed by atoms with Crippen LogP contribution in [0.2, 0.25) is 0 Å². The Morgan fingerprint density at radius 3 is 2.24 bits per heavy atom. The number of aromatic nitrogens is 2. The van der Waals surface area contributed by atoms with Crippen molar-refractivity contribution in [2.24, 2.45) is 10.2 Å². The van der Waals surface area contributed by atoms with Crippen molar-refractivity contribution in [3.8, 4) is 11.8 Å². The monoisotopic (exact) mass is 304 g/mol. The number of aryl methyl sites for hydroxylation is 1. The van der Waals surface area contributed by atoms with E-state index in [1.807, 2.05) is 26.0 Å². The Morgan fingerprint density at radius 2 is 1.67 bits per heavy atom. The maximum absolute atomic E-state index is 9.82. The van der Waals surface area contributed by atoms with Crippen LogP contribution in [0.1, 0.15) is 18.9 Å². The Balaban J connectivity index is 2.21. The van der Waals surface area contributed by atoms with E-state index in [1.165, 1.54) is 11.8 Å². The van der Waals surface area contributed by atoms with Crippen LogP contribution in [0.5, 0.6) is 11.8 Å². The van der Waals surface area contributed by atoms with Gasteiger partial charge in [0.25, 0.3) is 0 Å². The van der Waals surface area contributed by atoms with E-state index in [0.29, 0.717) is 10.8 Å². The number of hydrogen-bond acceptors (Lipinski definition) is 7. The van der Waals surface area contributed by atoms with E-state index in [-0.39, 0.29) is 17.4 Å². The molecule has 0 saturated heterocycles. The molecular formula is C14H16N4O2S. The first-order valence-corrected chi connectivity index (χ1v) is 7.50. The second kappa shape index (κ2) is 7.03. The minimum atomic E-state index is -0.378.